The zero-order chi connectivity index (χ0) is 21.2. The average Bonchev–Trinajstić information content (AvgIpc) is 2.88. The van der Waals surface area contributed by atoms with E-state index in [0.29, 0.717) is 0 Å². The lowest BCUT2D eigenvalue weighted by Gasteiger charge is -2.15. The molecule has 0 fully saturated rings. The largest absolute Gasteiger partial charge is 0.343 e. The van der Waals surface area contributed by atoms with Gasteiger partial charge in [0.15, 0.2) is 5.82 Å². The van der Waals surface area contributed by atoms with Crippen LogP contribution in [0, 0.1) is 28.4 Å². The molecule has 0 aliphatic carbocycles. The number of halogens is 2. The summed E-state index contributed by atoms with van der Waals surface area (Å²) in [6, 6.07) is 4.95. The first-order valence-electron chi connectivity index (χ1n) is 8.38. The van der Waals surface area contributed by atoms with Crippen LogP contribution in [0.25, 0.3) is 0 Å². The minimum Gasteiger partial charge on any atom is -0.343 e. The molecule has 0 aliphatic rings. The Hall–Kier alpha value is -3.34. The van der Waals surface area contributed by atoms with E-state index in [1.165, 1.54) is 13.1 Å². The van der Waals surface area contributed by atoms with Gasteiger partial charge in [0.25, 0.3) is 5.91 Å². The number of rotatable bonds is 5. The van der Waals surface area contributed by atoms with E-state index in [0.717, 1.165) is 22.9 Å². The number of anilines is 1. The number of carbonyl (C=O) groups is 3. The molecule has 1 amide bonds. The number of Topliss-reactive ketones (excluding diaryl/α,β-unsaturated/α-hetero) is 2. The van der Waals surface area contributed by atoms with Gasteiger partial charge in [-0.3, -0.25) is 14.4 Å². The van der Waals surface area contributed by atoms with Crippen molar-refractivity contribution in [2.45, 2.75) is 27.2 Å². The molecule has 28 heavy (non-hydrogen) atoms. The smallest absolute Gasteiger partial charge is 0.275 e. The molecule has 0 bridgehead atoms. The highest BCUT2D eigenvalue weighted by atomic mass is 19.1. The molecule has 0 radical (unpaired) electrons. The van der Waals surface area contributed by atoms with Crippen LogP contribution in [0.4, 0.5) is 14.5 Å². The molecule has 2 aromatic rings. The summed E-state index contributed by atoms with van der Waals surface area (Å²) < 4.78 is 29.2. The molecule has 0 saturated heterocycles. The second-order valence-corrected chi connectivity index (χ2v) is 7.57. The maximum atomic E-state index is 14.7. The number of aromatic nitrogens is 1. The standard InChI is InChI=1S/C20H19F2N3O3/c1-20(2,3)8-15(26)18(27)13-10-25(4)17(16(13)22)19(28)24-12-5-6-14(21)11(7-12)9-23/h5-7,10H,8H2,1-4H3,(H,24,28). The number of aryl methyl sites for hydroxylation is 1. The molecule has 0 aliphatic heterocycles. The lowest BCUT2D eigenvalue weighted by Crippen LogP contribution is -2.22. The van der Waals surface area contributed by atoms with Crippen LogP contribution in [0.15, 0.2) is 24.4 Å². The monoisotopic (exact) mass is 387 g/mol. The van der Waals surface area contributed by atoms with Crippen molar-refractivity contribution < 1.29 is 23.2 Å². The molecule has 146 valence electrons. The van der Waals surface area contributed by atoms with E-state index in [9.17, 15) is 23.2 Å². The molecule has 8 heteroatoms. The number of carbonyl (C=O) groups excluding carboxylic acids is 3. The second-order valence-electron chi connectivity index (χ2n) is 7.57. The highest BCUT2D eigenvalue weighted by molar-refractivity contribution is 6.44. The van der Waals surface area contributed by atoms with Crippen LogP contribution in [0.3, 0.4) is 0 Å². The number of nitrogens with zero attached hydrogens (tertiary/aromatic N) is 2. The van der Waals surface area contributed by atoms with Crippen molar-refractivity contribution >= 4 is 23.2 Å². The zero-order valence-electron chi connectivity index (χ0n) is 15.9. The number of hydrogen-bond donors (Lipinski definition) is 1. The summed E-state index contributed by atoms with van der Waals surface area (Å²) in [6.07, 6.45) is 1.02. The Balaban J connectivity index is 2.30. The number of nitriles is 1. The average molecular weight is 387 g/mol. The number of amides is 1. The van der Waals surface area contributed by atoms with Crippen LogP contribution in [0.1, 0.15) is 53.6 Å². The summed E-state index contributed by atoms with van der Waals surface area (Å²) in [5.41, 5.74) is -1.60. The van der Waals surface area contributed by atoms with Gasteiger partial charge in [-0.1, -0.05) is 20.8 Å². The molecule has 1 aromatic carbocycles. The molecule has 6 nitrogen and oxygen atoms in total. The molecular weight excluding hydrogens is 368 g/mol. The topological polar surface area (TPSA) is 92.0 Å². The summed E-state index contributed by atoms with van der Waals surface area (Å²) in [7, 11) is 1.36. The third kappa shape index (κ3) is 4.49. The van der Waals surface area contributed by atoms with Gasteiger partial charge in [-0.2, -0.15) is 5.26 Å². The van der Waals surface area contributed by atoms with Gasteiger partial charge in [0.1, 0.15) is 17.6 Å². The number of nitrogens with one attached hydrogen (secondary N) is 1. The molecule has 2 rings (SSSR count). The maximum absolute atomic E-state index is 14.7. The Morgan fingerprint density at radius 2 is 1.86 bits per heavy atom. The Morgan fingerprint density at radius 1 is 1.21 bits per heavy atom. The molecule has 0 saturated carbocycles. The van der Waals surface area contributed by atoms with Crippen molar-refractivity contribution in [3.63, 3.8) is 0 Å². The van der Waals surface area contributed by atoms with E-state index >= 15 is 0 Å². The van der Waals surface area contributed by atoms with Crippen LogP contribution in [-0.4, -0.2) is 22.0 Å². The summed E-state index contributed by atoms with van der Waals surface area (Å²) >= 11 is 0. The minimum atomic E-state index is -1.12. The zero-order valence-corrected chi connectivity index (χ0v) is 15.9. The van der Waals surface area contributed by atoms with Gasteiger partial charge >= 0.3 is 0 Å². The Bertz CT molecular complexity index is 1010. The van der Waals surface area contributed by atoms with Gasteiger partial charge in [0.05, 0.1) is 11.1 Å². The van der Waals surface area contributed by atoms with E-state index < -0.39 is 45.8 Å². The van der Waals surface area contributed by atoms with Crippen LogP contribution in [-0.2, 0) is 11.8 Å². The van der Waals surface area contributed by atoms with Gasteiger partial charge in [0.2, 0.25) is 11.6 Å². The predicted octanol–water partition coefficient (Wildman–Crippen LogP) is 3.62. The molecule has 0 unspecified atom stereocenters. The lowest BCUT2D eigenvalue weighted by atomic mass is 9.88. The molecular formula is C20H19F2N3O3. The third-order valence-corrected chi connectivity index (χ3v) is 3.87. The summed E-state index contributed by atoms with van der Waals surface area (Å²) in [6.45, 7) is 5.32. The fourth-order valence-electron chi connectivity index (χ4n) is 2.61. The van der Waals surface area contributed by atoms with Gasteiger partial charge in [0, 0.05) is 25.4 Å². The van der Waals surface area contributed by atoms with E-state index in [1.54, 1.807) is 26.8 Å². The van der Waals surface area contributed by atoms with Crippen molar-refractivity contribution in [2.75, 3.05) is 5.32 Å². The quantitative estimate of drug-likeness (QED) is 0.627. The minimum absolute atomic E-state index is 0.0613. The van der Waals surface area contributed by atoms with Crippen molar-refractivity contribution in [1.29, 1.82) is 5.26 Å². The van der Waals surface area contributed by atoms with Crippen LogP contribution < -0.4 is 5.32 Å². The molecule has 1 N–H and O–H groups in total. The van der Waals surface area contributed by atoms with Crippen molar-refractivity contribution in [1.82, 2.24) is 4.57 Å². The van der Waals surface area contributed by atoms with Gasteiger partial charge in [-0.05, 0) is 23.6 Å². The van der Waals surface area contributed by atoms with Crippen molar-refractivity contribution in [3.05, 3.63) is 52.9 Å². The summed E-state index contributed by atoms with van der Waals surface area (Å²) in [5.74, 6) is -4.53. The highest BCUT2D eigenvalue weighted by Crippen LogP contribution is 2.23. The molecule has 0 spiro atoms. The van der Waals surface area contributed by atoms with Crippen LogP contribution in [0.2, 0.25) is 0 Å². The predicted molar refractivity (Wildman–Crippen MR) is 97.8 cm³/mol. The van der Waals surface area contributed by atoms with Crippen LogP contribution in [0.5, 0.6) is 0 Å². The third-order valence-electron chi connectivity index (χ3n) is 3.87. The molecule has 0 atom stereocenters. The lowest BCUT2D eigenvalue weighted by molar-refractivity contribution is -0.116. The first kappa shape index (κ1) is 21.0. The van der Waals surface area contributed by atoms with Crippen molar-refractivity contribution in [3.8, 4) is 6.07 Å². The Labute approximate surface area is 160 Å². The van der Waals surface area contributed by atoms with Crippen LogP contribution >= 0.6 is 0 Å². The fourth-order valence-corrected chi connectivity index (χ4v) is 2.61. The van der Waals surface area contributed by atoms with Gasteiger partial charge in [-0.15, -0.1) is 0 Å². The van der Waals surface area contributed by atoms with Crippen molar-refractivity contribution in [2.24, 2.45) is 12.5 Å². The SMILES string of the molecule is Cn1cc(C(=O)C(=O)CC(C)(C)C)c(F)c1C(=O)Nc1ccc(F)c(C#N)c1. The van der Waals surface area contributed by atoms with E-state index in [4.69, 9.17) is 5.26 Å². The fraction of sp³-hybridized carbons (Fsp3) is 0.300. The van der Waals surface area contributed by atoms with Gasteiger partial charge in [-0.25, -0.2) is 8.78 Å². The first-order chi connectivity index (χ1) is 12.9. The Kier molecular flexibility index (Phi) is 5.78. The van der Waals surface area contributed by atoms with Gasteiger partial charge < -0.3 is 9.88 Å². The summed E-state index contributed by atoms with van der Waals surface area (Å²) in [5, 5.41) is 11.2. The van der Waals surface area contributed by atoms with E-state index in [1.807, 2.05) is 0 Å². The first-order valence-corrected chi connectivity index (χ1v) is 8.38. The number of benzene rings is 1. The summed E-state index contributed by atoms with van der Waals surface area (Å²) in [4.78, 5) is 36.8. The molecule has 1 heterocycles. The highest BCUT2D eigenvalue weighted by Gasteiger charge is 2.30. The second kappa shape index (κ2) is 7.72. The molecule has 1 aromatic heterocycles. The normalized spacial score (nSPS) is 11.0. The maximum Gasteiger partial charge on any atom is 0.275 e. The number of hydrogen-bond acceptors (Lipinski definition) is 4. The Morgan fingerprint density at radius 3 is 2.43 bits per heavy atom. The number of ketones is 2. The van der Waals surface area contributed by atoms with E-state index in [-0.39, 0.29) is 17.7 Å². The van der Waals surface area contributed by atoms with E-state index in [2.05, 4.69) is 5.32 Å².